The summed E-state index contributed by atoms with van der Waals surface area (Å²) in [7, 11) is 1.60. The van der Waals surface area contributed by atoms with Gasteiger partial charge in [-0.25, -0.2) is 0 Å². The molecule has 9 heteroatoms. The van der Waals surface area contributed by atoms with Crippen LogP contribution in [0, 0.1) is 0 Å². The van der Waals surface area contributed by atoms with Crippen molar-refractivity contribution in [2.75, 3.05) is 26.7 Å². The maximum atomic E-state index is 11.9. The van der Waals surface area contributed by atoms with Gasteiger partial charge in [-0.05, 0) is 30.5 Å². The molecule has 1 aliphatic rings. The van der Waals surface area contributed by atoms with Gasteiger partial charge in [-0.2, -0.15) is 4.98 Å². The summed E-state index contributed by atoms with van der Waals surface area (Å²) in [5.41, 5.74) is 9.07. The minimum Gasteiger partial charge on any atom is -0.496 e. The van der Waals surface area contributed by atoms with Gasteiger partial charge in [0.15, 0.2) is 0 Å². The molecular weight excluding hydrogens is 324 g/mol. The largest absolute Gasteiger partial charge is 0.496 e. The minimum atomic E-state index is -0.156. The number of para-hydroxylation sites is 1. The molecule has 1 aromatic carbocycles. The number of hydrogen-bond acceptors (Lipinski definition) is 6. The number of amides is 1. The Morgan fingerprint density at radius 2 is 2.20 bits per heavy atom. The maximum Gasteiger partial charge on any atom is 0.230 e. The highest BCUT2D eigenvalue weighted by Gasteiger charge is 2.27. The molecule has 130 valence electrons. The second-order valence-corrected chi connectivity index (χ2v) is 5.70. The van der Waals surface area contributed by atoms with E-state index in [-0.39, 0.29) is 18.4 Å². The first-order valence-corrected chi connectivity index (χ1v) is 7.98. The van der Waals surface area contributed by atoms with Gasteiger partial charge in [0.05, 0.1) is 12.7 Å². The highest BCUT2D eigenvalue weighted by atomic mass is 16.5. The predicted octanol–water partition coefficient (Wildman–Crippen LogP) is 2.76. The summed E-state index contributed by atoms with van der Waals surface area (Å²) in [4.78, 5) is 20.7. The Morgan fingerprint density at radius 3 is 2.92 bits per heavy atom. The number of hydrogen-bond donors (Lipinski definition) is 0. The molecular formula is C16H18N6O3. The van der Waals surface area contributed by atoms with Crippen molar-refractivity contribution in [3.63, 3.8) is 0 Å². The number of nitrogens with zero attached hydrogens (tertiary/aromatic N) is 6. The monoisotopic (exact) mass is 342 g/mol. The predicted molar refractivity (Wildman–Crippen MR) is 88.9 cm³/mol. The van der Waals surface area contributed by atoms with Crippen molar-refractivity contribution in [1.82, 2.24) is 15.0 Å². The van der Waals surface area contributed by atoms with E-state index in [2.05, 4.69) is 20.2 Å². The highest BCUT2D eigenvalue weighted by molar-refractivity contribution is 5.78. The number of ether oxygens (including phenoxy) is 1. The number of carbonyl (C=O) groups excluding carboxylic acids is 1. The SMILES string of the molecule is COc1ccccc1-c1noc(C2CCN(C(=O)CN=[N+]=[N-])CC2)n1. The summed E-state index contributed by atoms with van der Waals surface area (Å²) >= 11 is 0. The van der Waals surface area contributed by atoms with Gasteiger partial charge < -0.3 is 14.2 Å². The van der Waals surface area contributed by atoms with Gasteiger partial charge in [0.1, 0.15) is 12.3 Å². The van der Waals surface area contributed by atoms with E-state index in [4.69, 9.17) is 14.8 Å². The smallest absolute Gasteiger partial charge is 0.230 e. The van der Waals surface area contributed by atoms with Gasteiger partial charge >= 0.3 is 0 Å². The summed E-state index contributed by atoms with van der Waals surface area (Å²) in [6.07, 6.45) is 1.46. The Morgan fingerprint density at radius 1 is 1.44 bits per heavy atom. The van der Waals surface area contributed by atoms with Crippen LogP contribution in [-0.4, -0.2) is 47.7 Å². The minimum absolute atomic E-state index is 0.111. The molecule has 1 amide bonds. The van der Waals surface area contributed by atoms with Crippen molar-refractivity contribution in [3.8, 4) is 17.1 Å². The molecule has 0 unspecified atom stereocenters. The molecule has 25 heavy (non-hydrogen) atoms. The molecule has 1 fully saturated rings. The average Bonchev–Trinajstić information content (AvgIpc) is 3.16. The van der Waals surface area contributed by atoms with Gasteiger partial charge in [-0.15, -0.1) is 0 Å². The fourth-order valence-corrected chi connectivity index (χ4v) is 2.91. The van der Waals surface area contributed by atoms with Gasteiger partial charge in [-0.1, -0.05) is 22.4 Å². The van der Waals surface area contributed by atoms with Gasteiger partial charge in [-0.3, -0.25) is 4.79 Å². The van der Waals surface area contributed by atoms with Crippen molar-refractivity contribution < 1.29 is 14.1 Å². The second kappa shape index (κ2) is 7.67. The van der Waals surface area contributed by atoms with Crippen LogP contribution in [0.4, 0.5) is 0 Å². The van der Waals surface area contributed by atoms with E-state index in [1.807, 2.05) is 24.3 Å². The molecule has 0 saturated carbocycles. The summed E-state index contributed by atoms with van der Waals surface area (Å²) in [5.74, 6) is 1.71. The fourth-order valence-electron chi connectivity index (χ4n) is 2.91. The molecule has 1 aromatic heterocycles. The van der Waals surface area contributed by atoms with Gasteiger partial charge in [0, 0.05) is 23.9 Å². The van der Waals surface area contributed by atoms with E-state index in [0.717, 1.165) is 18.4 Å². The van der Waals surface area contributed by atoms with E-state index >= 15 is 0 Å². The molecule has 9 nitrogen and oxygen atoms in total. The number of likely N-dealkylation sites (tertiary alicyclic amines) is 1. The normalized spacial score (nSPS) is 14.8. The Kier molecular flexibility index (Phi) is 5.15. The summed E-state index contributed by atoms with van der Waals surface area (Å²) in [6.45, 7) is 1.02. The fraction of sp³-hybridized carbons (Fsp3) is 0.438. The lowest BCUT2D eigenvalue weighted by atomic mass is 9.96. The number of methoxy groups -OCH3 is 1. The van der Waals surface area contributed by atoms with Crippen LogP contribution in [-0.2, 0) is 4.79 Å². The molecule has 0 bridgehead atoms. The first-order chi connectivity index (χ1) is 12.2. The van der Waals surface area contributed by atoms with Crippen LogP contribution >= 0.6 is 0 Å². The van der Waals surface area contributed by atoms with E-state index in [0.29, 0.717) is 30.6 Å². The third-order valence-electron chi connectivity index (χ3n) is 4.26. The zero-order valence-electron chi connectivity index (χ0n) is 13.8. The van der Waals surface area contributed by atoms with Crippen molar-refractivity contribution in [1.29, 1.82) is 0 Å². The summed E-state index contributed by atoms with van der Waals surface area (Å²) < 4.78 is 10.8. The topological polar surface area (TPSA) is 117 Å². The molecule has 1 saturated heterocycles. The molecule has 0 aliphatic carbocycles. The lowest BCUT2D eigenvalue weighted by molar-refractivity contribution is -0.130. The van der Waals surface area contributed by atoms with Crippen molar-refractivity contribution in [2.45, 2.75) is 18.8 Å². The standard InChI is InChI=1S/C16H18N6O3/c1-24-13-5-3-2-4-12(13)15-19-16(25-20-15)11-6-8-22(9-7-11)14(23)10-18-21-17/h2-5,11H,6-10H2,1H3. The van der Waals surface area contributed by atoms with Crippen LogP contribution in [0.25, 0.3) is 21.8 Å². The molecule has 0 atom stereocenters. The lowest BCUT2D eigenvalue weighted by Gasteiger charge is -2.30. The van der Waals surface area contributed by atoms with Gasteiger partial charge in [0.2, 0.25) is 17.6 Å². The highest BCUT2D eigenvalue weighted by Crippen LogP contribution is 2.31. The zero-order valence-corrected chi connectivity index (χ0v) is 13.8. The van der Waals surface area contributed by atoms with E-state index < -0.39 is 0 Å². The molecule has 0 radical (unpaired) electrons. The third-order valence-corrected chi connectivity index (χ3v) is 4.26. The third kappa shape index (κ3) is 3.72. The molecule has 1 aliphatic heterocycles. The molecule has 3 rings (SSSR count). The maximum absolute atomic E-state index is 11.9. The summed E-state index contributed by atoms with van der Waals surface area (Å²) in [6, 6.07) is 7.50. The molecule has 2 aromatic rings. The number of aromatic nitrogens is 2. The van der Waals surface area contributed by atoms with Crippen LogP contribution in [0.1, 0.15) is 24.7 Å². The number of piperidine rings is 1. The second-order valence-electron chi connectivity index (χ2n) is 5.70. The number of benzene rings is 1. The molecule has 0 N–H and O–H groups in total. The van der Waals surface area contributed by atoms with Gasteiger partial charge in [0.25, 0.3) is 0 Å². The molecule has 0 spiro atoms. The van der Waals surface area contributed by atoms with Crippen molar-refractivity contribution in [2.24, 2.45) is 5.11 Å². The average molecular weight is 342 g/mol. The number of carbonyl (C=O) groups is 1. The Hall–Kier alpha value is -3.06. The number of rotatable bonds is 5. The van der Waals surface area contributed by atoms with Crippen LogP contribution < -0.4 is 4.74 Å². The van der Waals surface area contributed by atoms with Crippen LogP contribution in [0.3, 0.4) is 0 Å². The first-order valence-electron chi connectivity index (χ1n) is 7.98. The van der Waals surface area contributed by atoms with Crippen LogP contribution in [0.5, 0.6) is 5.75 Å². The Bertz CT molecular complexity index is 791. The quantitative estimate of drug-likeness (QED) is 0.470. The summed E-state index contributed by atoms with van der Waals surface area (Å²) in [5, 5.41) is 7.38. The first kappa shape index (κ1) is 16.8. The van der Waals surface area contributed by atoms with E-state index in [9.17, 15) is 4.79 Å². The zero-order chi connectivity index (χ0) is 17.6. The lowest BCUT2D eigenvalue weighted by Crippen LogP contribution is -2.39. The Balaban J connectivity index is 1.66. The van der Waals surface area contributed by atoms with E-state index in [1.165, 1.54) is 0 Å². The van der Waals surface area contributed by atoms with Crippen molar-refractivity contribution >= 4 is 5.91 Å². The van der Waals surface area contributed by atoms with Crippen LogP contribution in [0.2, 0.25) is 0 Å². The number of azide groups is 1. The molecule has 2 heterocycles. The van der Waals surface area contributed by atoms with E-state index in [1.54, 1.807) is 12.0 Å². The van der Waals surface area contributed by atoms with Crippen LogP contribution in [0.15, 0.2) is 33.9 Å². The Labute approximate surface area is 144 Å². The van der Waals surface area contributed by atoms with Crippen molar-refractivity contribution in [3.05, 3.63) is 40.6 Å².